The fraction of sp³-hybridized carbons (Fsp3) is 0.286. The molecule has 0 aliphatic carbocycles. The van der Waals surface area contributed by atoms with Gasteiger partial charge < -0.3 is 10.2 Å². The van der Waals surface area contributed by atoms with E-state index < -0.39 is 0 Å². The topological polar surface area (TPSA) is 58.3 Å². The standard InChI is InChI=1S/C21H24N6.HI/c1-3-22-21(27-13-10-17-7-4-5-9-19(17)27)25-15-18-8-6-11-24-20(18)26-14-12-23-16(26)2;/h4-9,11-12,14H,3,10,13,15H2,1-2H3,(H,22,25);1H. The lowest BCUT2D eigenvalue weighted by Gasteiger charge is -2.22. The molecule has 6 nitrogen and oxygen atoms in total. The van der Waals surface area contributed by atoms with Gasteiger partial charge in [0, 0.05) is 42.9 Å². The number of guanidine groups is 1. The van der Waals surface area contributed by atoms with Crippen molar-refractivity contribution in [3.63, 3.8) is 0 Å². The number of aliphatic imine (C=N–C) groups is 1. The number of fused-ring (bicyclic) bond motifs is 1. The van der Waals surface area contributed by atoms with E-state index in [0.29, 0.717) is 6.54 Å². The van der Waals surface area contributed by atoms with Crippen LogP contribution in [0.25, 0.3) is 5.82 Å². The van der Waals surface area contributed by atoms with Crippen LogP contribution in [0.4, 0.5) is 5.69 Å². The number of nitrogens with zero attached hydrogens (tertiary/aromatic N) is 5. The summed E-state index contributed by atoms with van der Waals surface area (Å²) in [5.41, 5.74) is 3.69. The molecule has 0 bridgehead atoms. The van der Waals surface area contributed by atoms with Crippen molar-refractivity contribution in [2.24, 2.45) is 4.99 Å². The molecule has 0 amide bonds. The van der Waals surface area contributed by atoms with Gasteiger partial charge in [-0.2, -0.15) is 0 Å². The Kier molecular flexibility index (Phi) is 6.66. The van der Waals surface area contributed by atoms with Crippen molar-refractivity contribution in [2.75, 3.05) is 18.0 Å². The molecule has 4 rings (SSSR count). The number of pyridine rings is 1. The average Bonchev–Trinajstić information content (AvgIpc) is 3.32. The van der Waals surface area contributed by atoms with Gasteiger partial charge in [-0.15, -0.1) is 24.0 Å². The summed E-state index contributed by atoms with van der Waals surface area (Å²) in [7, 11) is 0. The van der Waals surface area contributed by atoms with Gasteiger partial charge in [0.25, 0.3) is 0 Å². The summed E-state index contributed by atoms with van der Waals surface area (Å²) in [5, 5.41) is 3.44. The molecule has 0 unspecified atom stereocenters. The largest absolute Gasteiger partial charge is 0.356 e. The van der Waals surface area contributed by atoms with E-state index in [0.717, 1.165) is 42.7 Å². The molecule has 146 valence electrons. The summed E-state index contributed by atoms with van der Waals surface area (Å²) in [5.74, 6) is 2.72. The Labute approximate surface area is 182 Å². The van der Waals surface area contributed by atoms with E-state index in [1.54, 1.807) is 6.20 Å². The number of rotatable bonds is 4. The molecule has 0 atom stereocenters. The number of imidazole rings is 1. The molecule has 0 saturated heterocycles. The quantitative estimate of drug-likeness (QED) is 0.346. The Morgan fingerprint density at radius 3 is 2.79 bits per heavy atom. The first-order valence-corrected chi connectivity index (χ1v) is 9.36. The SMILES string of the molecule is CCNC(=NCc1cccnc1-n1ccnc1C)N1CCc2ccccc21.I. The second-order valence-corrected chi connectivity index (χ2v) is 6.53. The van der Waals surface area contributed by atoms with Gasteiger partial charge in [0.05, 0.1) is 6.54 Å². The molecule has 0 radical (unpaired) electrons. The Balaban J connectivity index is 0.00000225. The molecule has 28 heavy (non-hydrogen) atoms. The van der Waals surface area contributed by atoms with Gasteiger partial charge in [0.1, 0.15) is 11.6 Å². The van der Waals surface area contributed by atoms with Gasteiger partial charge in [0.15, 0.2) is 5.96 Å². The van der Waals surface area contributed by atoms with Crippen LogP contribution in [0, 0.1) is 6.92 Å². The number of aromatic nitrogens is 3. The molecule has 1 aliphatic rings. The lowest BCUT2D eigenvalue weighted by atomic mass is 10.2. The number of anilines is 1. The molecular weight excluding hydrogens is 463 g/mol. The highest BCUT2D eigenvalue weighted by Gasteiger charge is 2.22. The average molecular weight is 488 g/mol. The lowest BCUT2D eigenvalue weighted by molar-refractivity contribution is 0.864. The van der Waals surface area contributed by atoms with E-state index in [-0.39, 0.29) is 24.0 Å². The Morgan fingerprint density at radius 1 is 1.14 bits per heavy atom. The summed E-state index contributed by atoms with van der Waals surface area (Å²) in [6, 6.07) is 12.6. The summed E-state index contributed by atoms with van der Waals surface area (Å²) in [6.07, 6.45) is 6.59. The number of hydrogen-bond acceptors (Lipinski definition) is 3. The zero-order chi connectivity index (χ0) is 18.6. The van der Waals surface area contributed by atoms with Crippen molar-refractivity contribution in [3.05, 3.63) is 71.9 Å². The van der Waals surface area contributed by atoms with E-state index >= 15 is 0 Å². The van der Waals surface area contributed by atoms with Crippen molar-refractivity contribution in [1.82, 2.24) is 19.9 Å². The molecule has 0 saturated carbocycles. The first-order chi connectivity index (χ1) is 13.3. The third-order valence-electron chi connectivity index (χ3n) is 4.80. The van der Waals surface area contributed by atoms with Gasteiger partial charge in [-0.1, -0.05) is 24.3 Å². The van der Waals surface area contributed by atoms with Gasteiger partial charge in [0.2, 0.25) is 0 Å². The number of hydrogen-bond donors (Lipinski definition) is 1. The van der Waals surface area contributed by atoms with E-state index in [1.807, 2.05) is 30.0 Å². The predicted octanol–water partition coefficient (Wildman–Crippen LogP) is 3.72. The van der Waals surface area contributed by atoms with Crippen LogP contribution in [0.3, 0.4) is 0 Å². The predicted molar refractivity (Wildman–Crippen MR) is 124 cm³/mol. The molecule has 7 heteroatoms. The second-order valence-electron chi connectivity index (χ2n) is 6.53. The molecule has 3 aromatic rings. The molecule has 0 fully saturated rings. The third-order valence-corrected chi connectivity index (χ3v) is 4.80. The van der Waals surface area contributed by atoms with Crippen LogP contribution in [0.5, 0.6) is 0 Å². The normalized spacial score (nSPS) is 13.2. The Morgan fingerprint density at radius 2 is 2.00 bits per heavy atom. The van der Waals surface area contributed by atoms with Gasteiger partial charge >= 0.3 is 0 Å². The van der Waals surface area contributed by atoms with Crippen molar-refractivity contribution < 1.29 is 0 Å². The third kappa shape index (κ3) is 4.04. The maximum Gasteiger partial charge on any atom is 0.198 e. The maximum atomic E-state index is 4.92. The summed E-state index contributed by atoms with van der Waals surface area (Å²) >= 11 is 0. The van der Waals surface area contributed by atoms with Gasteiger partial charge in [-0.3, -0.25) is 4.57 Å². The number of para-hydroxylation sites is 1. The summed E-state index contributed by atoms with van der Waals surface area (Å²) in [6.45, 7) is 6.42. The summed E-state index contributed by atoms with van der Waals surface area (Å²) < 4.78 is 2.00. The highest BCUT2D eigenvalue weighted by atomic mass is 127. The molecule has 1 aliphatic heterocycles. The Hall–Kier alpha value is -2.42. The summed E-state index contributed by atoms with van der Waals surface area (Å²) in [4.78, 5) is 16.1. The Bertz CT molecular complexity index is 965. The van der Waals surface area contributed by atoms with Crippen LogP contribution in [0.1, 0.15) is 23.9 Å². The minimum Gasteiger partial charge on any atom is -0.356 e. The minimum atomic E-state index is 0. The molecule has 3 heterocycles. The van der Waals surface area contributed by atoms with Crippen LogP contribution in [-0.4, -0.2) is 33.6 Å². The van der Waals surface area contributed by atoms with Crippen molar-refractivity contribution in [1.29, 1.82) is 0 Å². The van der Waals surface area contributed by atoms with Crippen molar-refractivity contribution >= 4 is 35.6 Å². The minimum absolute atomic E-state index is 0. The molecular formula is C21H25IN6. The fourth-order valence-corrected chi connectivity index (χ4v) is 3.49. The van der Waals surface area contributed by atoms with E-state index in [4.69, 9.17) is 4.99 Å². The second kappa shape index (κ2) is 9.18. The molecule has 0 spiro atoms. The first kappa shape index (κ1) is 20.3. The first-order valence-electron chi connectivity index (χ1n) is 9.36. The monoisotopic (exact) mass is 488 g/mol. The number of benzene rings is 1. The number of halogens is 1. The van der Waals surface area contributed by atoms with Crippen molar-refractivity contribution in [2.45, 2.75) is 26.8 Å². The zero-order valence-corrected chi connectivity index (χ0v) is 18.5. The fourth-order valence-electron chi connectivity index (χ4n) is 3.49. The van der Waals surface area contributed by atoms with Gasteiger partial charge in [-0.25, -0.2) is 15.0 Å². The zero-order valence-electron chi connectivity index (χ0n) is 16.2. The van der Waals surface area contributed by atoms with Gasteiger partial charge in [-0.05, 0) is 38.0 Å². The highest BCUT2D eigenvalue weighted by molar-refractivity contribution is 14.0. The van der Waals surface area contributed by atoms with E-state index in [2.05, 4.69) is 57.4 Å². The number of aryl methyl sites for hydroxylation is 1. The molecule has 1 aromatic carbocycles. The number of nitrogens with one attached hydrogen (secondary N) is 1. The molecule has 2 aromatic heterocycles. The lowest BCUT2D eigenvalue weighted by Crippen LogP contribution is -2.40. The van der Waals surface area contributed by atoms with Crippen LogP contribution < -0.4 is 10.2 Å². The van der Waals surface area contributed by atoms with Crippen LogP contribution >= 0.6 is 24.0 Å². The van der Waals surface area contributed by atoms with Crippen LogP contribution in [0.2, 0.25) is 0 Å². The van der Waals surface area contributed by atoms with Crippen LogP contribution in [0.15, 0.2) is 60.0 Å². The highest BCUT2D eigenvalue weighted by Crippen LogP contribution is 2.27. The van der Waals surface area contributed by atoms with E-state index in [9.17, 15) is 0 Å². The maximum absolute atomic E-state index is 4.92. The van der Waals surface area contributed by atoms with Crippen LogP contribution in [-0.2, 0) is 13.0 Å². The van der Waals surface area contributed by atoms with Crippen molar-refractivity contribution in [3.8, 4) is 5.82 Å². The van der Waals surface area contributed by atoms with E-state index in [1.165, 1.54) is 11.3 Å². The smallest absolute Gasteiger partial charge is 0.198 e. The molecule has 1 N–H and O–H groups in total.